The number of hydrogen-bond donors (Lipinski definition) is 0. The number of thioether (sulfide) groups is 1. The summed E-state index contributed by atoms with van der Waals surface area (Å²) in [6.07, 6.45) is 4.67. The SMILES string of the molecule is CCC(C)(C)C1CCC(C#N)C(Sc2ccccc2C)C1. The molecular weight excluding hydrogens is 274 g/mol. The highest BCUT2D eigenvalue weighted by Crippen LogP contribution is 2.47. The van der Waals surface area contributed by atoms with E-state index in [1.165, 1.54) is 29.7 Å². The summed E-state index contributed by atoms with van der Waals surface area (Å²) in [4.78, 5) is 1.35. The molecule has 1 aromatic carbocycles. The summed E-state index contributed by atoms with van der Waals surface area (Å²) >= 11 is 1.93. The maximum absolute atomic E-state index is 9.49. The van der Waals surface area contributed by atoms with Gasteiger partial charge < -0.3 is 0 Å². The average molecular weight is 301 g/mol. The van der Waals surface area contributed by atoms with Crippen LogP contribution in [-0.2, 0) is 0 Å². The van der Waals surface area contributed by atoms with Gasteiger partial charge in [-0.25, -0.2) is 0 Å². The van der Waals surface area contributed by atoms with E-state index in [0.29, 0.717) is 10.7 Å². The van der Waals surface area contributed by atoms with E-state index in [1.54, 1.807) is 0 Å². The third-order valence-corrected chi connectivity index (χ3v) is 6.88. The first kappa shape index (κ1) is 16.4. The highest BCUT2D eigenvalue weighted by Gasteiger charge is 2.37. The van der Waals surface area contributed by atoms with Crippen LogP contribution in [0.4, 0.5) is 0 Å². The summed E-state index contributed by atoms with van der Waals surface area (Å²) in [5.41, 5.74) is 1.72. The maximum Gasteiger partial charge on any atom is 0.0667 e. The van der Waals surface area contributed by atoms with Gasteiger partial charge in [-0.1, -0.05) is 45.4 Å². The fraction of sp³-hybridized carbons (Fsp3) is 0.632. The molecule has 0 aromatic heterocycles. The van der Waals surface area contributed by atoms with Crippen LogP contribution >= 0.6 is 11.8 Å². The zero-order chi connectivity index (χ0) is 15.5. The van der Waals surface area contributed by atoms with Crippen molar-refractivity contribution >= 4 is 11.8 Å². The Morgan fingerprint density at radius 2 is 2.00 bits per heavy atom. The molecular formula is C19H27NS. The highest BCUT2D eigenvalue weighted by atomic mass is 32.2. The number of rotatable bonds is 4. The molecule has 1 aromatic rings. The lowest BCUT2D eigenvalue weighted by atomic mass is 9.67. The largest absolute Gasteiger partial charge is 0.198 e. The Balaban J connectivity index is 2.15. The summed E-state index contributed by atoms with van der Waals surface area (Å²) in [6.45, 7) is 9.24. The first-order valence-corrected chi connectivity index (χ1v) is 8.97. The summed E-state index contributed by atoms with van der Waals surface area (Å²) in [5.74, 6) is 0.951. The number of hydrogen-bond acceptors (Lipinski definition) is 2. The zero-order valence-corrected chi connectivity index (χ0v) is 14.5. The Labute approximate surface area is 134 Å². The Morgan fingerprint density at radius 1 is 1.29 bits per heavy atom. The van der Waals surface area contributed by atoms with Crippen LogP contribution in [0.5, 0.6) is 0 Å². The van der Waals surface area contributed by atoms with Crippen molar-refractivity contribution in [3.63, 3.8) is 0 Å². The number of nitrogens with zero attached hydrogens (tertiary/aromatic N) is 1. The molecule has 0 aliphatic heterocycles. The number of aryl methyl sites for hydroxylation is 1. The molecule has 0 spiro atoms. The molecule has 0 saturated heterocycles. The van der Waals surface area contributed by atoms with Gasteiger partial charge in [0.15, 0.2) is 0 Å². The first-order valence-electron chi connectivity index (χ1n) is 8.10. The molecule has 0 heterocycles. The zero-order valence-electron chi connectivity index (χ0n) is 13.7. The van der Waals surface area contributed by atoms with Gasteiger partial charge in [0.2, 0.25) is 0 Å². The van der Waals surface area contributed by atoms with Crippen LogP contribution in [0, 0.1) is 35.5 Å². The van der Waals surface area contributed by atoms with E-state index in [0.717, 1.165) is 12.3 Å². The van der Waals surface area contributed by atoms with Crippen molar-refractivity contribution in [3.8, 4) is 6.07 Å². The summed E-state index contributed by atoms with van der Waals surface area (Å²) in [7, 11) is 0. The quantitative estimate of drug-likeness (QED) is 0.698. The van der Waals surface area contributed by atoms with Crippen molar-refractivity contribution < 1.29 is 0 Å². The minimum absolute atomic E-state index is 0.207. The van der Waals surface area contributed by atoms with E-state index in [9.17, 15) is 5.26 Å². The van der Waals surface area contributed by atoms with Crippen molar-refractivity contribution in [2.24, 2.45) is 17.3 Å². The van der Waals surface area contributed by atoms with Crippen LogP contribution in [-0.4, -0.2) is 5.25 Å². The van der Waals surface area contributed by atoms with Crippen molar-refractivity contribution in [2.75, 3.05) is 0 Å². The topological polar surface area (TPSA) is 23.8 Å². The van der Waals surface area contributed by atoms with Gasteiger partial charge in [0.05, 0.1) is 12.0 Å². The van der Waals surface area contributed by atoms with Crippen LogP contribution in [0.1, 0.15) is 52.0 Å². The van der Waals surface area contributed by atoms with Crippen LogP contribution in [0.2, 0.25) is 0 Å². The second-order valence-corrected chi connectivity index (χ2v) is 8.29. The molecule has 3 atom stereocenters. The lowest BCUT2D eigenvalue weighted by Crippen LogP contribution is -2.34. The molecule has 1 fully saturated rings. The molecule has 0 N–H and O–H groups in total. The van der Waals surface area contributed by atoms with Crippen molar-refractivity contribution in [1.29, 1.82) is 5.26 Å². The van der Waals surface area contributed by atoms with Crippen molar-refractivity contribution in [3.05, 3.63) is 29.8 Å². The predicted molar refractivity (Wildman–Crippen MR) is 91.3 cm³/mol. The van der Waals surface area contributed by atoms with Gasteiger partial charge in [-0.2, -0.15) is 5.26 Å². The summed E-state index contributed by atoms with van der Waals surface area (Å²) in [6, 6.07) is 11.1. The number of benzene rings is 1. The molecule has 0 bridgehead atoms. The lowest BCUT2D eigenvalue weighted by Gasteiger charge is -2.41. The lowest BCUT2D eigenvalue weighted by molar-refractivity contribution is 0.144. The van der Waals surface area contributed by atoms with Gasteiger partial charge in [-0.3, -0.25) is 0 Å². The molecule has 114 valence electrons. The normalized spacial score (nSPS) is 26.3. The standard InChI is InChI=1S/C19H27NS/c1-5-19(3,4)16-11-10-15(13-20)18(12-16)21-17-9-7-6-8-14(17)2/h6-9,15-16,18H,5,10-12H2,1-4H3. The van der Waals surface area contributed by atoms with Crippen LogP contribution in [0.25, 0.3) is 0 Å². The second kappa shape index (κ2) is 6.88. The Kier molecular flexibility index (Phi) is 5.38. The van der Waals surface area contributed by atoms with E-state index in [4.69, 9.17) is 0 Å². The van der Waals surface area contributed by atoms with Gasteiger partial charge in [0.25, 0.3) is 0 Å². The van der Waals surface area contributed by atoms with Crippen molar-refractivity contribution in [2.45, 2.75) is 63.5 Å². The van der Waals surface area contributed by atoms with Crippen molar-refractivity contribution in [1.82, 2.24) is 0 Å². The smallest absolute Gasteiger partial charge is 0.0667 e. The van der Waals surface area contributed by atoms with Gasteiger partial charge in [-0.15, -0.1) is 11.8 Å². The minimum atomic E-state index is 0.207. The fourth-order valence-electron chi connectivity index (χ4n) is 3.26. The molecule has 1 nitrogen and oxygen atoms in total. The van der Waals surface area contributed by atoms with E-state index in [1.807, 2.05) is 11.8 Å². The van der Waals surface area contributed by atoms with E-state index >= 15 is 0 Å². The van der Waals surface area contributed by atoms with Gasteiger partial charge >= 0.3 is 0 Å². The van der Waals surface area contributed by atoms with E-state index in [2.05, 4.69) is 58.0 Å². The van der Waals surface area contributed by atoms with E-state index in [-0.39, 0.29) is 5.92 Å². The fourth-order valence-corrected chi connectivity index (χ4v) is 4.68. The molecule has 0 radical (unpaired) electrons. The highest BCUT2D eigenvalue weighted by molar-refractivity contribution is 8.00. The number of nitriles is 1. The Bertz CT molecular complexity index is 515. The summed E-state index contributed by atoms with van der Waals surface area (Å²) in [5, 5.41) is 9.94. The third-order valence-electron chi connectivity index (χ3n) is 5.35. The van der Waals surface area contributed by atoms with Crippen LogP contribution in [0.15, 0.2) is 29.2 Å². The predicted octanol–water partition coefficient (Wildman–Crippen LogP) is 5.83. The first-order chi connectivity index (χ1) is 9.97. The second-order valence-electron chi connectivity index (χ2n) is 7.01. The summed E-state index contributed by atoms with van der Waals surface area (Å²) < 4.78 is 0. The molecule has 3 unspecified atom stereocenters. The Hall–Kier alpha value is -0.940. The van der Waals surface area contributed by atoms with Crippen LogP contribution < -0.4 is 0 Å². The minimum Gasteiger partial charge on any atom is -0.198 e. The molecule has 1 saturated carbocycles. The van der Waals surface area contributed by atoms with Gasteiger partial charge in [-0.05, 0) is 49.1 Å². The van der Waals surface area contributed by atoms with Crippen LogP contribution in [0.3, 0.4) is 0 Å². The molecule has 1 aliphatic rings. The monoisotopic (exact) mass is 301 g/mol. The molecule has 2 rings (SSSR count). The van der Waals surface area contributed by atoms with E-state index < -0.39 is 0 Å². The Morgan fingerprint density at radius 3 is 2.62 bits per heavy atom. The van der Waals surface area contributed by atoms with Gasteiger partial charge in [0, 0.05) is 10.1 Å². The molecule has 1 aliphatic carbocycles. The average Bonchev–Trinajstić information content (AvgIpc) is 2.49. The maximum atomic E-state index is 9.49. The third kappa shape index (κ3) is 3.83. The molecule has 2 heteroatoms. The molecule has 0 amide bonds. The molecule has 21 heavy (non-hydrogen) atoms. The van der Waals surface area contributed by atoms with Gasteiger partial charge in [0.1, 0.15) is 0 Å².